The molecule has 0 bridgehead atoms. The lowest BCUT2D eigenvalue weighted by atomic mass is 9.80. The highest BCUT2D eigenvalue weighted by Gasteiger charge is 2.40. The average Bonchev–Trinajstić information content (AvgIpc) is 2.71. The summed E-state index contributed by atoms with van der Waals surface area (Å²) in [6.07, 6.45) is 3.22. The second kappa shape index (κ2) is 8.70. The number of carbonyl (C=O) groups excluding carboxylic acids is 1. The number of nitrogens with zero attached hydrogens (tertiary/aromatic N) is 2. The summed E-state index contributed by atoms with van der Waals surface area (Å²) in [6.45, 7) is 1.51. The van der Waals surface area contributed by atoms with Crippen LogP contribution in [0.3, 0.4) is 0 Å². The lowest BCUT2D eigenvalue weighted by Gasteiger charge is -2.39. The number of methoxy groups -OCH3 is 2. The van der Waals surface area contributed by atoms with Crippen molar-refractivity contribution in [1.82, 2.24) is 9.97 Å². The molecule has 30 heavy (non-hydrogen) atoms. The summed E-state index contributed by atoms with van der Waals surface area (Å²) in [6, 6.07) is 4.12. The van der Waals surface area contributed by atoms with Crippen LogP contribution in [0.15, 0.2) is 24.4 Å². The van der Waals surface area contributed by atoms with Gasteiger partial charge < -0.3 is 31.6 Å². The number of halogens is 1. The number of anilines is 3. The minimum Gasteiger partial charge on any atom is -0.497 e. The Bertz CT molecular complexity index is 901. The molecule has 2 aromatic rings. The van der Waals surface area contributed by atoms with Crippen molar-refractivity contribution in [3.8, 4) is 11.5 Å². The van der Waals surface area contributed by atoms with Crippen LogP contribution < -0.4 is 31.6 Å². The van der Waals surface area contributed by atoms with Crippen LogP contribution in [0.4, 0.5) is 21.7 Å². The Morgan fingerprint density at radius 2 is 1.93 bits per heavy atom. The first-order valence-corrected chi connectivity index (χ1v) is 9.61. The second-order valence-electron chi connectivity index (χ2n) is 7.49. The minimum atomic E-state index is -1.46. The number of carbonyl (C=O) groups is 1. The van der Waals surface area contributed by atoms with Crippen LogP contribution in [-0.2, 0) is 0 Å². The standard InChI is InChI=1S/C20H27FN6O3/c1-20(21)6-4-5-14(17(20)22)26-15-10-24-16(18(23)28)19(27-15)25-11-7-12(29-2)9-13(8-11)30-3/h7-10,14,17H,4-6,22H2,1-3H3,(H2,23,28)(H2,25,26,27)/t14-,17-,20?/m1/s1. The number of primary amides is 1. The van der Waals surface area contributed by atoms with Gasteiger partial charge in [-0.05, 0) is 26.2 Å². The van der Waals surface area contributed by atoms with Crippen molar-refractivity contribution in [2.24, 2.45) is 11.5 Å². The average molecular weight is 418 g/mol. The van der Waals surface area contributed by atoms with Crippen LogP contribution in [0, 0.1) is 0 Å². The summed E-state index contributed by atoms with van der Waals surface area (Å²) in [5.74, 6) is 0.869. The third kappa shape index (κ3) is 4.70. The van der Waals surface area contributed by atoms with E-state index in [1.807, 2.05) is 0 Å². The number of amides is 1. The van der Waals surface area contributed by atoms with E-state index in [1.165, 1.54) is 27.3 Å². The topological polar surface area (TPSA) is 137 Å². The molecule has 6 N–H and O–H groups in total. The SMILES string of the molecule is COc1cc(Nc2nc(N[C@@H]3CCCC(C)(F)[C@@H]3N)cnc2C(N)=O)cc(OC)c1. The maximum atomic E-state index is 14.6. The van der Waals surface area contributed by atoms with Crippen LogP contribution in [0.2, 0.25) is 0 Å². The molecule has 0 aliphatic heterocycles. The largest absolute Gasteiger partial charge is 0.497 e. The van der Waals surface area contributed by atoms with Gasteiger partial charge in [0, 0.05) is 29.9 Å². The van der Waals surface area contributed by atoms with E-state index >= 15 is 0 Å². The van der Waals surface area contributed by atoms with Gasteiger partial charge in [-0.3, -0.25) is 4.79 Å². The second-order valence-corrected chi connectivity index (χ2v) is 7.49. The van der Waals surface area contributed by atoms with Crippen LogP contribution in [-0.4, -0.2) is 47.8 Å². The maximum absolute atomic E-state index is 14.6. The van der Waals surface area contributed by atoms with Crippen molar-refractivity contribution in [2.75, 3.05) is 24.9 Å². The highest BCUT2D eigenvalue weighted by atomic mass is 19.1. The van der Waals surface area contributed by atoms with Crippen molar-refractivity contribution < 1.29 is 18.7 Å². The Balaban J connectivity index is 1.89. The van der Waals surface area contributed by atoms with Gasteiger partial charge in [0.2, 0.25) is 0 Å². The summed E-state index contributed by atoms with van der Waals surface area (Å²) < 4.78 is 25.1. The van der Waals surface area contributed by atoms with Crippen molar-refractivity contribution in [1.29, 1.82) is 0 Å². The Morgan fingerprint density at radius 3 is 2.53 bits per heavy atom. The molecule has 1 unspecified atom stereocenters. The van der Waals surface area contributed by atoms with Gasteiger partial charge in [0.25, 0.3) is 5.91 Å². The number of alkyl halides is 1. The van der Waals surface area contributed by atoms with Gasteiger partial charge in [-0.25, -0.2) is 14.4 Å². The number of hydrogen-bond acceptors (Lipinski definition) is 8. The number of hydrogen-bond donors (Lipinski definition) is 4. The van der Waals surface area contributed by atoms with Gasteiger partial charge >= 0.3 is 0 Å². The zero-order chi connectivity index (χ0) is 21.9. The summed E-state index contributed by atoms with van der Waals surface area (Å²) in [5.41, 5.74) is 10.6. The van der Waals surface area contributed by atoms with E-state index in [0.717, 1.165) is 0 Å². The molecule has 3 rings (SSSR count). The number of nitrogens with one attached hydrogen (secondary N) is 2. The van der Waals surface area contributed by atoms with E-state index in [4.69, 9.17) is 20.9 Å². The molecule has 1 aliphatic rings. The van der Waals surface area contributed by atoms with Gasteiger partial charge in [-0.2, -0.15) is 0 Å². The predicted octanol–water partition coefficient (Wildman–Crippen LogP) is 2.36. The zero-order valence-electron chi connectivity index (χ0n) is 17.2. The summed E-state index contributed by atoms with van der Waals surface area (Å²) >= 11 is 0. The first kappa shape index (κ1) is 21.6. The molecule has 0 saturated heterocycles. The summed E-state index contributed by atoms with van der Waals surface area (Å²) in [7, 11) is 3.06. The van der Waals surface area contributed by atoms with Crippen LogP contribution in [0.5, 0.6) is 11.5 Å². The van der Waals surface area contributed by atoms with Crippen molar-refractivity contribution >= 4 is 23.2 Å². The Hall–Kier alpha value is -3.14. The summed E-state index contributed by atoms with van der Waals surface area (Å²) in [5, 5.41) is 6.17. The van der Waals surface area contributed by atoms with E-state index < -0.39 is 17.6 Å². The van der Waals surface area contributed by atoms with Crippen LogP contribution in [0.25, 0.3) is 0 Å². The van der Waals surface area contributed by atoms with Crippen LogP contribution in [0.1, 0.15) is 36.7 Å². The van der Waals surface area contributed by atoms with Gasteiger partial charge in [-0.15, -0.1) is 0 Å². The number of aromatic nitrogens is 2. The van der Waals surface area contributed by atoms with Crippen LogP contribution >= 0.6 is 0 Å². The smallest absolute Gasteiger partial charge is 0.271 e. The third-order valence-electron chi connectivity index (χ3n) is 5.26. The first-order chi connectivity index (χ1) is 14.2. The molecule has 3 atom stereocenters. The normalized spacial score (nSPS) is 23.5. The molecule has 1 aliphatic carbocycles. The van der Waals surface area contributed by atoms with E-state index in [9.17, 15) is 9.18 Å². The molecule has 10 heteroatoms. The van der Waals surface area contributed by atoms with E-state index in [-0.39, 0.29) is 17.6 Å². The number of ether oxygens (including phenoxy) is 2. The molecule has 1 aromatic heterocycles. The van der Waals surface area contributed by atoms with Gasteiger partial charge in [0.15, 0.2) is 11.5 Å². The Morgan fingerprint density at radius 1 is 1.27 bits per heavy atom. The lowest BCUT2D eigenvalue weighted by Crippen LogP contribution is -2.55. The van der Waals surface area contributed by atoms with Gasteiger partial charge in [-0.1, -0.05) is 0 Å². The van der Waals surface area contributed by atoms with E-state index in [0.29, 0.717) is 42.3 Å². The molecule has 0 radical (unpaired) electrons. The number of rotatable bonds is 7. The molecule has 1 amide bonds. The summed E-state index contributed by atoms with van der Waals surface area (Å²) in [4.78, 5) is 20.4. The predicted molar refractivity (Wildman–Crippen MR) is 112 cm³/mol. The lowest BCUT2D eigenvalue weighted by molar-refractivity contribution is 0.0946. The molecule has 1 fully saturated rings. The number of benzene rings is 1. The monoisotopic (exact) mass is 418 g/mol. The number of nitrogens with two attached hydrogens (primary N) is 2. The molecule has 1 heterocycles. The fraction of sp³-hybridized carbons (Fsp3) is 0.450. The quantitative estimate of drug-likeness (QED) is 0.538. The van der Waals surface area contributed by atoms with E-state index in [2.05, 4.69) is 20.6 Å². The molecule has 162 valence electrons. The fourth-order valence-electron chi connectivity index (χ4n) is 3.53. The molecule has 9 nitrogen and oxygen atoms in total. The highest BCUT2D eigenvalue weighted by Crippen LogP contribution is 2.33. The zero-order valence-corrected chi connectivity index (χ0v) is 17.2. The van der Waals surface area contributed by atoms with Gasteiger partial charge in [0.1, 0.15) is 23.0 Å². The fourth-order valence-corrected chi connectivity index (χ4v) is 3.53. The van der Waals surface area contributed by atoms with E-state index in [1.54, 1.807) is 18.2 Å². The molecular formula is C20H27FN6O3. The van der Waals surface area contributed by atoms with Crippen molar-refractivity contribution in [3.05, 3.63) is 30.1 Å². The molecule has 1 aromatic carbocycles. The maximum Gasteiger partial charge on any atom is 0.271 e. The molecule has 1 saturated carbocycles. The molecule has 0 spiro atoms. The minimum absolute atomic E-state index is 0.0365. The highest BCUT2D eigenvalue weighted by molar-refractivity contribution is 5.96. The van der Waals surface area contributed by atoms with Gasteiger partial charge in [0.05, 0.1) is 26.5 Å². The Labute approximate surface area is 174 Å². The first-order valence-electron chi connectivity index (χ1n) is 9.61. The molecular weight excluding hydrogens is 391 g/mol. The third-order valence-corrected chi connectivity index (χ3v) is 5.26. The Kier molecular flexibility index (Phi) is 6.25. The van der Waals surface area contributed by atoms with Crippen molar-refractivity contribution in [2.45, 2.75) is 43.9 Å². The van der Waals surface area contributed by atoms with Crippen molar-refractivity contribution in [3.63, 3.8) is 0 Å².